The van der Waals surface area contributed by atoms with Crippen molar-refractivity contribution in [1.29, 1.82) is 0 Å². The Balaban J connectivity index is 1.95. The molecule has 2 aliphatic rings. The first-order valence-corrected chi connectivity index (χ1v) is 6.63. The normalized spacial score (nSPS) is 21.9. The van der Waals surface area contributed by atoms with Gasteiger partial charge in [-0.05, 0) is 18.1 Å². The van der Waals surface area contributed by atoms with E-state index >= 15 is 0 Å². The largest absolute Gasteiger partial charge is 0.417 e. The molecule has 1 N–H and O–H groups in total. The number of piperidine rings is 1. The predicted molar refractivity (Wildman–Crippen MR) is 67.5 cm³/mol. The van der Waals surface area contributed by atoms with Crippen molar-refractivity contribution in [3.8, 4) is 0 Å². The molecule has 3 rings (SSSR count). The molecule has 22 heavy (non-hydrogen) atoms. The zero-order valence-electron chi connectivity index (χ0n) is 11.2. The summed E-state index contributed by atoms with van der Waals surface area (Å²) in [6.07, 6.45) is -4.46. The van der Waals surface area contributed by atoms with Gasteiger partial charge < -0.3 is 4.90 Å². The van der Waals surface area contributed by atoms with Crippen LogP contribution in [0, 0.1) is 0 Å². The van der Waals surface area contributed by atoms with Crippen molar-refractivity contribution < 1.29 is 27.6 Å². The summed E-state index contributed by atoms with van der Waals surface area (Å²) in [6, 6.07) is 2.61. The molecule has 3 amide bonds. The summed E-state index contributed by atoms with van der Waals surface area (Å²) in [6.45, 7) is -0.0651. The number of alkyl halides is 3. The molecule has 2 aliphatic heterocycles. The Morgan fingerprint density at radius 3 is 2.55 bits per heavy atom. The standard InChI is InChI=1S/C14H11F3N2O3/c15-14(16,17)8-3-1-2-7-6-19(13(22)11(7)8)9-4-5-10(20)18-12(9)21/h1-3,9H,4-6H2,(H,18,20,21)/t9-/m1/s1. The highest BCUT2D eigenvalue weighted by atomic mass is 19.4. The molecule has 8 heteroatoms. The van der Waals surface area contributed by atoms with Crippen LogP contribution in [-0.4, -0.2) is 28.7 Å². The van der Waals surface area contributed by atoms with Gasteiger partial charge in [-0.3, -0.25) is 19.7 Å². The lowest BCUT2D eigenvalue weighted by atomic mass is 10.0. The van der Waals surface area contributed by atoms with Crippen LogP contribution >= 0.6 is 0 Å². The quantitative estimate of drug-likeness (QED) is 0.799. The van der Waals surface area contributed by atoms with Crippen LogP contribution in [0.2, 0.25) is 0 Å². The number of imide groups is 1. The molecule has 0 saturated carbocycles. The van der Waals surface area contributed by atoms with Gasteiger partial charge in [-0.2, -0.15) is 13.2 Å². The second-order valence-electron chi connectivity index (χ2n) is 5.24. The van der Waals surface area contributed by atoms with Gasteiger partial charge in [0.1, 0.15) is 6.04 Å². The van der Waals surface area contributed by atoms with Gasteiger partial charge in [0.15, 0.2) is 0 Å². The Labute approximate surface area is 123 Å². The number of carbonyl (C=O) groups excluding carboxylic acids is 3. The van der Waals surface area contributed by atoms with Gasteiger partial charge in [0, 0.05) is 13.0 Å². The maximum Gasteiger partial charge on any atom is 0.417 e. The van der Waals surface area contributed by atoms with Crippen molar-refractivity contribution in [3.05, 3.63) is 34.9 Å². The number of fused-ring (bicyclic) bond motifs is 1. The number of hydrogen-bond donors (Lipinski definition) is 1. The van der Waals surface area contributed by atoms with Crippen LogP contribution in [-0.2, 0) is 22.3 Å². The smallest absolute Gasteiger partial charge is 0.322 e. The molecule has 116 valence electrons. The van der Waals surface area contributed by atoms with Gasteiger partial charge in [0.05, 0.1) is 11.1 Å². The first-order chi connectivity index (χ1) is 10.3. The Kier molecular flexibility index (Phi) is 3.19. The number of benzene rings is 1. The van der Waals surface area contributed by atoms with Crippen molar-refractivity contribution in [2.24, 2.45) is 0 Å². The van der Waals surface area contributed by atoms with Crippen molar-refractivity contribution in [2.45, 2.75) is 31.6 Å². The topological polar surface area (TPSA) is 66.5 Å². The van der Waals surface area contributed by atoms with E-state index in [0.717, 1.165) is 11.0 Å². The van der Waals surface area contributed by atoms with E-state index in [1.165, 1.54) is 12.1 Å². The van der Waals surface area contributed by atoms with Crippen molar-refractivity contribution in [2.75, 3.05) is 0 Å². The number of amides is 3. The second kappa shape index (κ2) is 4.82. The minimum atomic E-state index is -4.64. The Hall–Kier alpha value is -2.38. The van der Waals surface area contributed by atoms with Crippen molar-refractivity contribution in [3.63, 3.8) is 0 Å². The number of hydrogen-bond acceptors (Lipinski definition) is 3. The molecule has 0 aromatic heterocycles. The zero-order valence-corrected chi connectivity index (χ0v) is 11.2. The molecule has 0 aliphatic carbocycles. The van der Waals surface area contributed by atoms with E-state index in [-0.39, 0.29) is 24.9 Å². The van der Waals surface area contributed by atoms with E-state index in [9.17, 15) is 27.6 Å². The number of rotatable bonds is 1. The van der Waals surface area contributed by atoms with Gasteiger partial charge in [0.2, 0.25) is 11.8 Å². The highest BCUT2D eigenvalue weighted by Crippen LogP contribution is 2.38. The van der Waals surface area contributed by atoms with Crippen LogP contribution in [0.25, 0.3) is 0 Å². The summed E-state index contributed by atoms with van der Waals surface area (Å²) in [4.78, 5) is 36.4. The monoisotopic (exact) mass is 312 g/mol. The number of nitrogens with one attached hydrogen (secondary N) is 1. The summed E-state index contributed by atoms with van der Waals surface area (Å²) in [5.41, 5.74) is -1.16. The lowest BCUT2D eigenvalue weighted by molar-refractivity contribution is -0.138. The summed E-state index contributed by atoms with van der Waals surface area (Å²) < 4.78 is 39.1. The van der Waals surface area contributed by atoms with E-state index in [0.29, 0.717) is 0 Å². The van der Waals surface area contributed by atoms with E-state index in [2.05, 4.69) is 5.32 Å². The van der Waals surface area contributed by atoms with Crippen LogP contribution in [0.5, 0.6) is 0 Å². The van der Waals surface area contributed by atoms with Crippen molar-refractivity contribution in [1.82, 2.24) is 10.2 Å². The van der Waals surface area contributed by atoms with E-state index in [4.69, 9.17) is 0 Å². The Bertz CT molecular complexity index is 684. The summed E-state index contributed by atoms with van der Waals surface area (Å²) in [5, 5.41) is 2.10. The van der Waals surface area contributed by atoms with Crippen LogP contribution in [0.4, 0.5) is 13.2 Å². The van der Waals surface area contributed by atoms with Gasteiger partial charge in [-0.1, -0.05) is 12.1 Å². The molecule has 0 radical (unpaired) electrons. The Morgan fingerprint density at radius 1 is 1.18 bits per heavy atom. The third-order valence-corrected chi connectivity index (χ3v) is 3.86. The zero-order chi connectivity index (χ0) is 16.1. The van der Waals surface area contributed by atoms with Crippen molar-refractivity contribution >= 4 is 17.7 Å². The molecule has 2 heterocycles. The average molecular weight is 312 g/mol. The van der Waals surface area contributed by atoms with Crippen LogP contribution in [0.1, 0.15) is 34.3 Å². The van der Waals surface area contributed by atoms with Gasteiger partial charge in [-0.15, -0.1) is 0 Å². The maximum absolute atomic E-state index is 13.0. The van der Waals surface area contributed by atoms with Crippen LogP contribution < -0.4 is 5.32 Å². The van der Waals surface area contributed by atoms with Gasteiger partial charge in [-0.25, -0.2) is 0 Å². The molecule has 0 bridgehead atoms. The fourth-order valence-electron chi connectivity index (χ4n) is 2.85. The van der Waals surface area contributed by atoms with Gasteiger partial charge in [0.25, 0.3) is 5.91 Å². The minimum Gasteiger partial charge on any atom is -0.322 e. The average Bonchev–Trinajstić information content (AvgIpc) is 2.75. The van der Waals surface area contributed by atoms with Gasteiger partial charge >= 0.3 is 6.18 Å². The molecule has 5 nitrogen and oxygen atoms in total. The lowest BCUT2D eigenvalue weighted by Crippen LogP contribution is -2.52. The predicted octanol–water partition coefficient (Wildman–Crippen LogP) is 1.47. The molecule has 1 saturated heterocycles. The van der Waals surface area contributed by atoms with E-state index < -0.39 is 41.1 Å². The fourth-order valence-corrected chi connectivity index (χ4v) is 2.85. The molecule has 1 aromatic rings. The highest BCUT2D eigenvalue weighted by Gasteiger charge is 2.44. The molecule has 0 unspecified atom stereocenters. The molecule has 1 fully saturated rings. The van der Waals surface area contributed by atoms with E-state index in [1.807, 2.05) is 0 Å². The molecule has 1 atom stereocenters. The molecular formula is C14H11F3N2O3. The first-order valence-electron chi connectivity index (χ1n) is 6.63. The first kappa shape index (κ1) is 14.6. The third-order valence-electron chi connectivity index (χ3n) is 3.86. The summed E-state index contributed by atoms with van der Waals surface area (Å²) in [7, 11) is 0. The second-order valence-corrected chi connectivity index (χ2v) is 5.24. The molecule has 0 spiro atoms. The maximum atomic E-state index is 13.0. The fraction of sp³-hybridized carbons (Fsp3) is 0.357. The SMILES string of the molecule is O=C1CC[C@@H](N2Cc3cccc(C(F)(F)F)c3C2=O)C(=O)N1. The third kappa shape index (κ3) is 2.24. The van der Waals surface area contributed by atoms with Crippen LogP contribution in [0.3, 0.4) is 0 Å². The lowest BCUT2D eigenvalue weighted by Gasteiger charge is -2.29. The number of halogens is 3. The summed E-state index contributed by atoms with van der Waals surface area (Å²) >= 11 is 0. The number of nitrogens with zero attached hydrogens (tertiary/aromatic N) is 1. The van der Waals surface area contributed by atoms with E-state index in [1.54, 1.807) is 0 Å². The minimum absolute atomic E-state index is 0.0582. The Morgan fingerprint density at radius 2 is 1.91 bits per heavy atom. The highest BCUT2D eigenvalue weighted by molar-refractivity contribution is 6.06. The molecule has 1 aromatic carbocycles. The number of carbonyl (C=O) groups is 3. The summed E-state index contributed by atoms with van der Waals surface area (Å²) in [5.74, 6) is -1.91. The van der Waals surface area contributed by atoms with Crippen LogP contribution in [0.15, 0.2) is 18.2 Å². The molecular weight excluding hydrogens is 301 g/mol.